The summed E-state index contributed by atoms with van der Waals surface area (Å²) in [6, 6.07) is 11.3. The van der Waals surface area contributed by atoms with Crippen molar-refractivity contribution in [2.75, 3.05) is 25.0 Å². The van der Waals surface area contributed by atoms with Gasteiger partial charge < -0.3 is 20.5 Å². The van der Waals surface area contributed by atoms with Crippen LogP contribution < -0.4 is 16.0 Å². The van der Waals surface area contributed by atoms with E-state index in [1.807, 2.05) is 48.0 Å². The number of aromatic nitrogens is 3. The average molecular weight is 455 g/mol. The Morgan fingerprint density at radius 2 is 2.16 bits per heavy atom. The second-order valence-corrected chi connectivity index (χ2v) is 9.34. The van der Waals surface area contributed by atoms with Crippen LogP contribution in [0.25, 0.3) is 21.3 Å². The molecule has 31 heavy (non-hydrogen) atoms. The number of fused-ring (bicyclic) bond motifs is 2. The number of carbonyl (C=O) groups excluding carboxylic acids is 1. The zero-order valence-electron chi connectivity index (χ0n) is 17.1. The van der Waals surface area contributed by atoms with Gasteiger partial charge in [-0.3, -0.25) is 4.79 Å². The van der Waals surface area contributed by atoms with Gasteiger partial charge in [0.2, 0.25) is 5.95 Å². The second kappa shape index (κ2) is 8.45. The van der Waals surface area contributed by atoms with Crippen molar-refractivity contribution in [1.82, 2.24) is 25.2 Å². The molecule has 0 radical (unpaired) electrons. The van der Waals surface area contributed by atoms with Gasteiger partial charge in [0.15, 0.2) is 5.13 Å². The fourth-order valence-corrected chi connectivity index (χ4v) is 5.07. The topological polar surface area (TPSA) is 83.9 Å². The average Bonchev–Trinajstić information content (AvgIpc) is 3.32. The first-order valence-corrected chi connectivity index (χ1v) is 11.5. The minimum Gasteiger partial charge on any atom is -0.352 e. The van der Waals surface area contributed by atoms with E-state index in [1.54, 1.807) is 0 Å². The zero-order chi connectivity index (χ0) is 21.4. The third-order valence-corrected chi connectivity index (χ3v) is 6.83. The summed E-state index contributed by atoms with van der Waals surface area (Å²) in [5.74, 6) is 1.11. The van der Waals surface area contributed by atoms with Gasteiger partial charge in [0.05, 0.1) is 21.3 Å². The van der Waals surface area contributed by atoms with E-state index >= 15 is 0 Å². The Hall–Kier alpha value is -2.68. The van der Waals surface area contributed by atoms with Gasteiger partial charge in [-0.15, -0.1) is 0 Å². The normalized spacial score (nSPS) is 16.6. The summed E-state index contributed by atoms with van der Waals surface area (Å²) >= 11 is 7.60. The largest absolute Gasteiger partial charge is 0.352 e. The molecular formula is C22H23ClN6OS. The van der Waals surface area contributed by atoms with E-state index in [0.29, 0.717) is 29.0 Å². The molecule has 1 saturated heterocycles. The molecule has 0 bridgehead atoms. The number of carbonyl (C=O) groups is 1. The number of imidazole rings is 1. The van der Waals surface area contributed by atoms with E-state index in [0.717, 1.165) is 52.3 Å². The minimum absolute atomic E-state index is 0.0595. The highest BCUT2D eigenvalue weighted by Gasteiger charge is 2.16. The lowest BCUT2D eigenvalue weighted by atomic mass is 9.99. The van der Waals surface area contributed by atoms with Gasteiger partial charge in [0, 0.05) is 24.2 Å². The highest BCUT2D eigenvalue weighted by Crippen LogP contribution is 2.31. The molecule has 160 valence electrons. The predicted molar refractivity (Wildman–Crippen MR) is 127 cm³/mol. The molecule has 1 aliphatic heterocycles. The number of rotatable bonds is 5. The number of halogens is 1. The fourth-order valence-electron chi connectivity index (χ4n) is 3.94. The number of anilines is 2. The Bertz CT molecular complexity index is 1260. The van der Waals surface area contributed by atoms with Crippen LogP contribution in [0.15, 0.2) is 36.4 Å². The van der Waals surface area contributed by atoms with Crippen molar-refractivity contribution in [3.8, 4) is 0 Å². The van der Waals surface area contributed by atoms with E-state index < -0.39 is 0 Å². The van der Waals surface area contributed by atoms with Crippen LogP contribution in [0.3, 0.4) is 0 Å². The number of nitrogens with zero attached hydrogens (tertiary/aromatic N) is 3. The molecule has 1 aliphatic rings. The molecular weight excluding hydrogens is 432 g/mol. The lowest BCUT2D eigenvalue weighted by Crippen LogP contribution is -2.38. The molecule has 0 spiro atoms. The molecule has 1 unspecified atom stereocenters. The summed E-state index contributed by atoms with van der Waals surface area (Å²) in [6.45, 7) is 2.73. The number of piperidine rings is 1. The summed E-state index contributed by atoms with van der Waals surface area (Å²) in [5, 5.41) is 11.2. The minimum atomic E-state index is -0.0595. The van der Waals surface area contributed by atoms with Crippen molar-refractivity contribution in [2.24, 2.45) is 13.0 Å². The van der Waals surface area contributed by atoms with Crippen LogP contribution in [0, 0.1) is 5.92 Å². The summed E-state index contributed by atoms with van der Waals surface area (Å²) in [4.78, 5) is 21.9. The van der Waals surface area contributed by atoms with Crippen LogP contribution in [0.1, 0.15) is 23.2 Å². The first-order chi connectivity index (χ1) is 15.1. The molecule has 1 amide bonds. The van der Waals surface area contributed by atoms with Crippen LogP contribution in [0.2, 0.25) is 5.02 Å². The standard InChI is InChI=1S/C22H23ClN6OS/c1-29-18-7-4-14(20(30)25-12-13-3-2-8-24-11-13)9-17(18)26-21(29)28-22-27-16-6-5-15(23)10-19(16)31-22/h4-7,9-10,13,24H,2-3,8,11-12H2,1H3,(H,25,30)(H,26,27,28). The quantitative estimate of drug-likeness (QED) is 0.418. The third kappa shape index (κ3) is 4.23. The van der Waals surface area contributed by atoms with Crippen molar-refractivity contribution < 1.29 is 4.79 Å². The molecule has 3 N–H and O–H groups in total. The maximum absolute atomic E-state index is 12.6. The van der Waals surface area contributed by atoms with Gasteiger partial charge in [-0.1, -0.05) is 22.9 Å². The van der Waals surface area contributed by atoms with Crippen molar-refractivity contribution in [1.29, 1.82) is 0 Å². The van der Waals surface area contributed by atoms with E-state index in [9.17, 15) is 4.79 Å². The lowest BCUT2D eigenvalue weighted by Gasteiger charge is -2.22. The summed E-state index contributed by atoms with van der Waals surface area (Å²) in [5.41, 5.74) is 3.22. The predicted octanol–water partition coefficient (Wildman–Crippen LogP) is 4.31. The molecule has 0 saturated carbocycles. The first-order valence-electron chi connectivity index (χ1n) is 10.4. The van der Waals surface area contributed by atoms with Crippen molar-refractivity contribution >= 4 is 61.2 Å². The summed E-state index contributed by atoms with van der Waals surface area (Å²) in [7, 11) is 1.94. The Labute approximate surface area is 188 Å². The van der Waals surface area contributed by atoms with E-state index in [1.165, 1.54) is 11.3 Å². The second-order valence-electron chi connectivity index (χ2n) is 7.88. The lowest BCUT2D eigenvalue weighted by molar-refractivity contribution is 0.0945. The van der Waals surface area contributed by atoms with Gasteiger partial charge in [-0.05, 0) is 68.2 Å². The van der Waals surface area contributed by atoms with E-state index in [2.05, 4.69) is 20.9 Å². The van der Waals surface area contributed by atoms with Crippen molar-refractivity contribution in [2.45, 2.75) is 12.8 Å². The van der Waals surface area contributed by atoms with Crippen LogP contribution in [-0.2, 0) is 7.05 Å². The number of thiazole rings is 1. The fraction of sp³-hybridized carbons (Fsp3) is 0.318. The maximum atomic E-state index is 12.6. The molecule has 5 rings (SSSR count). The van der Waals surface area contributed by atoms with Crippen molar-refractivity contribution in [3.63, 3.8) is 0 Å². The molecule has 1 fully saturated rings. The number of aryl methyl sites for hydroxylation is 1. The van der Waals surface area contributed by atoms with E-state index in [4.69, 9.17) is 16.6 Å². The molecule has 7 nitrogen and oxygen atoms in total. The Morgan fingerprint density at radius 1 is 1.26 bits per heavy atom. The van der Waals surface area contributed by atoms with Crippen LogP contribution in [0.4, 0.5) is 11.1 Å². The third-order valence-electron chi connectivity index (χ3n) is 5.66. The van der Waals surface area contributed by atoms with Crippen LogP contribution in [-0.4, -0.2) is 40.1 Å². The zero-order valence-corrected chi connectivity index (χ0v) is 18.7. The van der Waals surface area contributed by atoms with Gasteiger partial charge >= 0.3 is 0 Å². The molecule has 3 heterocycles. The molecule has 9 heteroatoms. The molecule has 1 atom stereocenters. The van der Waals surface area contributed by atoms with Gasteiger partial charge in [0.25, 0.3) is 5.91 Å². The van der Waals surface area contributed by atoms with Crippen LogP contribution >= 0.6 is 22.9 Å². The van der Waals surface area contributed by atoms with Crippen LogP contribution in [0.5, 0.6) is 0 Å². The number of amides is 1. The number of hydrogen-bond acceptors (Lipinski definition) is 6. The van der Waals surface area contributed by atoms with Gasteiger partial charge in [0.1, 0.15) is 0 Å². The smallest absolute Gasteiger partial charge is 0.251 e. The molecule has 4 aromatic rings. The molecule has 2 aromatic heterocycles. The molecule has 0 aliphatic carbocycles. The number of hydrogen-bond donors (Lipinski definition) is 3. The number of benzene rings is 2. The highest BCUT2D eigenvalue weighted by atomic mass is 35.5. The summed E-state index contributed by atoms with van der Waals surface area (Å²) < 4.78 is 2.98. The summed E-state index contributed by atoms with van der Waals surface area (Å²) in [6.07, 6.45) is 2.32. The Morgan fingerprint density at radius 3 is 3.00 bits per heavy atom. The Balaban J connectivity index is 1.34. The van der Waals surface area contributed by atoms with Crippen molar-refractivity contribution in [3.05, 3.63) is 47.0 Å². The first kappa shape index (κ1) is 20.2. The van der Waals surface area contributed by atoms with Gasteiger partial charge in [-0.2, -0.15) is 0 Å². The van der Waals surface area contributed by atoms with E-state index in [-0.39, 0.29) is 5.91 Å². The SMILES string of the molecule is Cn1c(Nc2nc3ccc(Cl)cc3s2)nc2cc(C(=O)NCC3CCCNC3)ccc21. The Kier molecular flexibility index (Phi) is 5.52. The monoisotopic (exact) mass is 454 g/mol. The highest BCUT2D eigenvalue weighted by molar-refractivity contribution is 7.22. The van der Waals surface area contributed by atoms with Gasteiger partial charge in [-0.25, -0.2) is 9.97 Å². The molecule has 2 aromatic carbocycles. The maximum Gasteiger partial charge on any atom is 0.251 e. The number of nitrogens with one attached hydrogen (secondary N) is 3.